The molecule has 1 heterocycles. The predicted molar refractivity (Wildman–Crippen MR) is 66.8 cm³/mol. The molecule has 0 fully saturated rings. The van der Waals surface area contributed by atoms with E-state index in [0.29, 0.717) is 11.7 Å². The number of benzene rings is 1. The van der Waals surface area contributed by atoms with Crippen molar-refractivity contribution in [3.05, 3.63) is 40.4 Å². The fourth-order valence-corrected chi connectivity index (χ4v) is 2.11. The van der Waals surface area contributed by atoms with E-state index in [0.717, 1.165) is 11.4 Å². The fourth-order valence-electron chi connectivity index (χ4n) is 1.56. The predicted octanol–water partition coefficient (Wildman–Crippen LogP) is 2.92. The highest BCUT2D eigenvalue weighted by Crippen LogP contribution is 2.18. The molecule has 0 atom stereocenters. The lowest BCUT2D eigenvalue weighted by atomic mass is 10.1. The average molecular weight is 234 g/mol. The molecule has 2 aromatic rings. The summed E-state index contributed by atoms with van der Waals surface area (Å²) in [5.41, 5.74) is 8.83. The number of rotatable bonds is 3. The number of aryl methyl sites for hydroxylation is 2. The Hall–Kier alpha value is -1.55. The largest absolute Gasteiger partial charge is 0.487 e. The first-order chi connectivity index (χ1) is 7.63. The van der Waals surface area contributed by atoms with Crippen LogP contribution >= 0.6 is 11.3 Å². The normalized spacial score (nSPS) is 10.4. The number of nitrogen functional groups attached to an aromatic ring is 1. The van der Waals surface area contributed by atoms with Gasteiger partial charge in [0.05, 0.1) is 5.69 Å². The molecule has 16 heavy (non-hydrogen) atoms. The van der Waals surface area contributed by atoms with E-state index in [-0.39, 0.29) is 0 Å². The van der Waals surface area contributed by atoms with Crippen LogP contribution in [-0.4, -0.2) is 4.98 Å². The van der Waals surface area contributed by atoms with Gasteiger partial charge in [-0.1, -0.05) is 6.07 Å². The van der Waals surface area contributed by atoms with E-state index in [1.165, 1.54) is 22.5 Å². The number of nitrogens with two attached hydrogens (primary N) is 1. The molecule has 0 amide bonds. The Balaban J connectivity index is 2.04. The Labute approximate surface area is 98.9 Å². The monoisotopic (exact) mass is 234 g/mol. The lowest BCUT2D eigenvalue weighted by Gasteiger charge is -2.06. The van der Waals surface area contributed by atoms with Crippen molar-refractivity contribution in [3.63, 3.8) is 0 Å². The van der Waals surface area contributed by atoms with Gasteiger partial charge in [-0.15, -0.1) is 11.3 Å². The van der Waals surface area contributed by atoms with Crippen LogP contribution in [0.2, 0.25) is 0 Å². The van der Waals surface area contributed by atoms with Crippen LogP contribution in [0.15, 0.2) is 23.6 Å². The Morgan fingerprint density at radius 1 is 1.25 bits per heavy atom. The van der Waals surface area contributed by atoms with E-state index in [9.17, 15) is 0 Å². The highest BCUT2D eigenvalue weighted by molar-refractivity contribution is 7.13. The second-order valence-corrected chi connectivity index (χ2v) is 4.68. The minimum atomic E-state index is 0.469. The van der Waals surface area contributed by atoms with Crippen LogP contribution in [-0.2, 0) is 6.61 Å². The summed E-state index contributed by atoms with van der Waals surface area (Å²) in [6.45, 7) is 4.58. The summed E-state index contributed by atoms with van der Waals surface area (Å²) >= 11 is 1.43. The lowest BCUT2D eigenvalue weighted by Crippen LogP contribution is -1.97. The third-order valence-electron chi connectivity index (χ3n) is 2.15. The molecule has 84 valence electrons. The molecule has 3 nitrogen and oxygen atoms in total. The van der Waals surface area contributed by atoms with E-state index in [1.54, 1.807) is 0 Å². The highest BCUT2D eigenvalue weighted by Gasteiger charge is 2.01. The lowest BCUT2D eigenvalue weighted by molar-refractivity contribution is 0.302. The summed E-state index contributed by atoms with van der Waals surface area (Å²) in [4.78, 5) is 4.14. The number of ether oxygens (including phenoxy) is 1. The molecule has 0 spiro atoms. The minimum Gasteiger partial charge on any atom is -0.487 e. The van der Waals surface area contributed by atoms with Gasteiger partial charge in [0.15, 0.2) is 5.13 Å². The van der Waals surface area contributed by atoms with Crippen LogP contribution in [0.1, 0.15) is 16.8 Å². The Kier molecular flexibility index (Phi) is 3.10. The molecule has 0 bridgehead atoms. The number of nitrogens with zero attached hydrogens (tertiary/aromatic N) is 1. The Morgan fingerprint density at radius 3 is 2.50 bits per heavy atom. The van der Waals surface area contributed by atoms with Gasteiger partial charge in [-0.3, -0.25) is 0 Å². The molecule has 0 radical (unpaired) electrons. The van der Waals surface area contributed by atoms with Gasteiger partial charge in [0.2, 0.25) is 0 Å². The van der Waals surface area contributed by atoms with Crippen LogP contribution in [0, 0.1) is 13.8 Å². The summed E-state index contributed by atoms with van der Waals surface area (Å²) in [5.74, 6) is 0.879. The summed E-state index contributed by atoms with van der Waals surface area (Å²) in [6, 6.07) is 6.15. The first-order valence-electron chi connectivity index (χ1n) is 5.04. The third-order valence-corrected chi connectivity index (χ3v) is 2.87. The molecule has 0 aliphatic carbocycles. The molecule has 0 saturated heterocycles. The molecule has 0 unspecified atom stereocenters. The van der Waals surface area contributed by atoms with Gasteiger partial charge in [0.25, 0.3) is 0 Å². The molecule has 1 aromatic heterocycles. The summed E-state index contributed by atoms with van der Waals surface area (Å²) in [6.07, 6.45) is 0. The van der Waals surface area contributed by atoms with Gasteiger partial charge in [-0.05, 0) is 37.1 Å². The van der Waals surface area contributed by atoms with E-state index in [4.69, 9.17) is 10.5 Å². The maximum absolute atomic E-state index is 5.66. The molecule has 0 aliphatic heterocycles. The quantitative estimate of drug-likeness (QED) is 0.888. The fraction of sp³-hybridized carbons (Fsp3) is 0.250. The Morgan fingerprint density at radius 2 is 1.94 bits per heavy atom. The van der Waals surface area contributed by atoms with Crippen LogP contribution < -0.4 is 10.5 Å². The summed E-state index contributed by atoms with van der Waals surface area (Å²) < 4.78 is 5.66. The van der Waals surface area contributed by atoms with E-state index >= 15 is 0 Å². The maximum Gasteiger partial charge on any atom is 0.180 e. The molecule has 0 aliphatic rings. The average Bonchev–Trinajstić information content (AvgIpc) is 2.60. The van der Waals surface area contributed by atoms with Gasteiger partial charge in [0, 0.05) is 5.38 Å². The first-order valence-corrected chi connectivity index (χ1v) is 5.92. The number of aromatic nitrogens is 1. The molecule has 0 saturated carbocycles. The number of hydrogen-bond acceptors (Lipinski definition) is 4. The van der Waals surface area contributed by atoms with Crippen molar-refractivity contribution in [3.8, 4) is 5.75 Å². The zero-order chi connectivity index (χ0) is 11.5. The minimum absolute atomic E-state index is 0.469. The second kappa shape index (κ2) is 4.53. The third kappa shape index (κ3) is 2.73. The van der Waals surface area contributed by atoms with E-state index in [1.807, 2.05) is 17.5 Å². The molecular formula is C12H14N2OS. The van der Waals surface area contributed by atoms with Crippen molar-refractivity contribution in [2.75, 3.05) is 5.73 Å². The molecule has 4 heteroatoms. The van der Waals surface area contributed by atoms with Crippen molar-refractivity contribution in [2.24, 2.45) is 0 Å². The van der Waals surface area contributed by atoms with Gasteiger partial charge in [-0.2, -0.15) is 0 Å². The second-order valence-electron chi connectivity index (χ2n) is 3.79. The van der Waals surface area contributed by atoms with Gasteiger partial charge >= 0.3 is 0 Å². The standard InChI is InChI=1S/C12H14N2OS/c1-8-3-9(2)5-11(4-8)15-6-10-7-16-12(13)14-10/h3-5,7H,6H2,1-2H3,(H2,13,14). The van der Waals surface area contributed by atoms with Crippen LogP contribution in [0.5, 0.6) is 5.75 Å². The Bertz CT molecular complexity index is 473. The van der Waals surface area contributed by atoms with Gasteiger partial charge in [-0.25, -0.2) is 4.98 Å². The molecule has 1 aromatic carbocycles. The highest BCUT2D eigenvalue weighted by atomic mass is 32.1. The van der Waals surface area contributed by atoms with Crippen LogP contribution in [0.25, 0.3) is 0 Å². The van der Waals surface area contributed by atoms with Crippen molar-refractivity contribution in [1.29, 1.82) is 0 Å². The van der Waals surface area contributed by atoms with Gasteiger partial charge < -0.3 is 10.5 Å². The zero-order valence-electron chi connectivity index (χ0n) is 9.36. The van der Waals surface area contributed by atoms with Crippen molar-refractivity contribution < 1.29 is 4.74 Å². The number of hydrogen-bond donors (Lipinski definition) is 1. The molecule has 2 N–H and O–H groups in total. The van der Waals surface area contributed by atoms with Crippen molar-refractivity contribution in [1.82, 2.24) is 4.98 Å². The molecule has 2 rings (SSSR count). The van der Waals surface area contributed by atoms with E-state index < -0.39 is 0 Å². The number of anilines is 1. The van der Waals surface area contributed by atoms with Crippen molar-refractivity contribution >= 4 is 16.5 Å². The smallest absolute Gasteiger partial charge is 0.180 e. The zero-order valence-corrected chi connectivity index (χ0v) is 10.2. The topological polar surface area (TPSA) is 48.1 Å². The summed E-state index contributed by atoms with van der Waals surface area (Å²) in [5, 5.41) is 2.50. The van der Waals surface area contributed by atoms with Crippen molar-refractivity contribution in [2.45, 2.75) is 20.5 Å². The maximum atomic E-state index is 5.66. The van der Waals surface area contributed by atoms with Gasteiger partial charge in [0.1, 0.15) is 12.4 Å². The number of thiazole rings is 1. The SMILES string of the molecule is Cc1cc(C)cc(OCc2csc(N)n2)c1. The summed E-state index contributed by atoms with van der Waals surface area (Å²) in [7, 11) is 0. The van der Waals surface area contributed by atoms with Crippen LogP contribution in [0.3, 0.4) is 0 Å². The van der Waals surface area contributed by atoms with Crippen LogP contribution in [0.4, 0.5) is 5.13 Å². The van der Waals surface area contributed by atoms with E-state index in [2.05, 4.69) is 24.9 Å². The first kappa shape index (κ1) is 11.0. The molecular weight excluding hydrogens is 220 g/mol.